The molecule has 2 aliphatic heterocycles. The molecule has 30 heavy (non-hydrogen) atoms. The van der Waals surface area contributed by atoms with Crippen LogP contribution >= 0.6 is 11.6 Å². The molecule has 0 saturated carbocycles. The Balaban J connectivity index is 1.41. The summed E-state index contributed by atoms with van der Waals surface area (Å²) < 4.78 is 2.46. The zero-order valence-electron chi connectivity index (χ0n) is 17.2. The van der Waals surface area contributed by atoms with Crippen molar-refractivity contribution in [2.45, 2.75) is 13.5 Å². The first-order valence-corrected chi connectivity index (χ1v) is 10.9. The van der Waals surface area contributed by atoms with Crippen LogP contribution in [0.1, 0.15) is 16.7 Å². The zero-order valence-corrected chi connectivity index (χ0v) is 17.9. The van der Waals surface area contributed by atoms with Gasteiger partial charge in [0, 0.05) is 30.7 Å². The lowest BCUT2D eigenvalue weighted by atomic mass is 10.1. The minimum atomic E-state index is 0.733. The van der Waals surface area contributed by atoms with Crippen LogP contribution in [0.15, 0.2) is 66.7 Å². The maximum Gasteiger partial charge on any atom is 0.284 e. The number of rotatable bonds is 2. The van der Waals surface area contributed by atoms with Crippen LogP contribution in [0.5, 0.6) is 0 Å². The lowest BCUT2D eigenvalue weighted by molar-refractivity contribution is -0.539. The Kier molecular flexibility index (Phi) is 5.19. The number of fused-ring (bicyclic) bond motifs is 2. The molecule has 2 heterocycles. The molecule has 4 nitrogen and oxygen atoms in total. The van der Waals surface area contributed by atoms with E-state index >= 15 is 0 Å². The Morgan fingerprint density at radius 2 is 1.63 bits per heavy atom. The van der Waals surface area contributed by atoms with E-state index in [-0.39, 0.29) is 0 Å². The highest BCUT2D eigenvalue weighted by molar-refractivity contribution is 6.31. The molecule has 2 aliphatic rings. The molecule has 0 amide bonds. The average molecular weight is 418 g/mol. The SMILES string of the molecule is Cc1ccc(CN2CC[N+](=C3Nc4cc(Cl)ccc4Nc4ccccc43)CC2)cc1. The summed E-state index contributed by atoms with van der Waals surface area (Å²) in [6, 6.07) is 23.3. The van der Waals surface area contributed by atoms with Crippen molar-refractivity contribution in [2.24, 2.45) is 0 Å². The topological polar surface area (TPSA) is 30.3 Å². The second-order valence-corrected chi connectivity index (χ2v) is 8.52. The Labute approximate surface area is 182 Å². The summed E-state index contributed by atoms with van der Waals surface area (Å²) in [6.07, 6.45) is 0. The minimum Gasteiger partial charge on any atom is -0.351 e. The first kappa shape index (κ1) is 19.2. The van der Waals surface area contributed by atoms with Crippen LogP contribution in [0.25, 0.3) is 0 Å². The van der Waals surface area contributed by atoms with Crippen LogP contribution in [-0.2, 0) is 6.54 Å². The number of anilines is 3. The van der Waals surface area contributed by atoms with E-state index in [0.717, 1.165) is 60.6 Å². The van der Waals surface area contributed by atoms with E-state index in [0.29, 0.717) is 0 Å². The Hall–Kier alpha value is -2.82. The Morgan fingerprint density at radius 3 is 2.43 bits per heavy atom. The lowest BCUT2D eigenvalue weighted by Crippen LogP contribution is -2.45. The van der Waals surface area contributed by atoms with Crippen LogP contribution in [-0.4, -0.2) is 41.5 Å². The number of aryl methyl sites for hydroxylation is 1. The number of hydrogen-bond donors (Lipinski definition) is 2. The molecule has 1 saturated heterocycles. The van der Waals surface area contributed by atoms with Crippen LogP contribution in [0.2, 0.25) is 5.02 Å². The fourth-order valence-electron chi connectivity index (χ4n) is 4.20. The van der Waals surface area contributed by atoms with E-state index in [4.69, 9.17) is 11.6 Å². The molecule has 0 atom stereocenters. The summed E-state index contributed by atoms with van der Waals surface area (Å²) in [5, 5.41) is 7.97. The van der Waals surface area contributed by atoms with Gasteiger partial charge in [0.25, 0.3) is 5.84 Å². The third kappa shape index (κ3) is 3.93. The second-order valence-electron chi connectivity index (χ2n) is 8.08. The standard InChI is InChI=1S/C25H25ClN4/c1-18-6-8-19(9-7-18)17-29-12-14-30(15-13-29)25-21-4-2-3-5-22(21)27-23-11-10-20(26)16-24(23)28-25/h2-11,16H,12-15,17H2,1H3,(H,27,28)/p+1. The molecular weight excluding hydrogens is 392 g/mol. The van der Waals surface area contributed by atoms with Crippen molar-refractivity contribution in [1.82, 2.24) is 4.90 Å². The summed E-state index contributed by atoms with van der Waals surface area (Å²) >= 11 is 6.28. The first-order valence-electron chi connectivity index (χ1n) is 10.5. The highest BCUT2D eigenvalue weighted by Crippen LogP contribution is 2.34. The third-order valence-corrected chi connectivity index (χ3v) is 6.14. The number of nitrogens with zero attached hydrogens (tertiary/aromatic N) is 2. The third-order valence-electron chi connectivity index (χ3n) is 5.90. The van der Waals surface area contributed by atoms with E-state index in [1.165, 1.54) is 16.7 Å². The number of amidine groups is 1. The van der Waals surface area contributed by atoms with Crippen molar-refractivity contribution in [1.29, 1.82) is 0 Å². The molecule has 0 aliphatic carbocycles. The molecule has 1 fully saturated rings. The first-order chi connectivity index (χ1) is 14.7. The van der Waals surface area contributed by atoms with Crippen LogP contribution < -0.4 is 10.6 Å². The van der Waals surface area contributed by atoms with Gasteiger partial charge in [-0.1, -0.05) is 53.6 Å². The van der Waals surface area contributed by atoms with Crippen molar-refractivity contribution < 1.29 is 4.58 Å². The van der Waals surface area contributed by atoms with Gasteiger partial charge in [-0.15, -0.1) is 0 Å². The number of benzene rings is 3. The number of para-hydroxylation sites is 1. The largest absolute Gasteiger partial charge is 0.351 e. The summed E-state index contributed by atoms with van der Waals surface area (Å²) in [5.41, 5.74) is 7.05. The Morgan fingerprint density at radius 1 is 0.867 bits per heavy atom. The fourth-order valence-corrected chi connectivity index (χ4v) is 4.37. The highest BCUT2D eigenvalue weighted by atomic mass is 35.5. The van der Waals surface area contributed by atoms with Crippen LogP contribution in [0, 0.1) is 6.92 Å². The predicted molar refractivity (Wildman–Crippen MR) is 125 cm³/mol. The van der Waals surface area contributed by atoms with Gasteiger partial charge < -0.3 is 5.32 Å². The summed E-state index contributed by atoms with van der Waals surface area (Å²) in [4.78, 5) is 2.54. The van der Waals surface area contributed by atoms with E-state index in [9.17, 15) is 0 Å². The number of hydrogen-bond acceptors (Lipinski definition) is 2. The van der Waals surface area contributed by atoms with Gasteiger partial charge in [-0.3, -0.25) is 9.48 Å². The number of halogens is 1. The van der Waals surface area contributed by atoms with Gasteiger partial charge in [0.2, 0.25) is 0 Å². The van der Waals surface area contributed by atoms with Gasteiger partial charge in [-0.05, 0) is 36.8 Å². The number of piperazine rings is 1. The molecule has 3 aromatic rings. The van der Waals surface area contributed by atoms with Gasteiger partial charge in [0.1, 0.15) is 5.69 Å². The highest BCUT2D eigenvalue weighted by Gasteiger charge is 2.28. The molecular formula is C25H26ClN4+. The molecule has 0 unspecified atom stereocenters. The van der Waals surface area contributed by atoms with E-state index in [2.05, 4.69) is 75.6 Å². The quantitative estimate of drug-likeness (QED) is 0.569. The van der Waals surface area contributed by atoms with E-state index in [1.54, 1.807) is 0 Å². The molecule has 0 spiro atoms. The molecule has 5 heteroatoms. The average Bonchev–Trinajstić information content (AvgIpc) is 2.92. The van der Waals surface area contributed by atoms with Gasteiger partial charge >= 0.3 is 0 Å². The second kappa shape index (κ2) is 8.13. The smallest absolute Gasteiger partial charge is 0.284 e. The van der Waals surface area contributed by atoms with Crippen molar-refractivity contribution in [3.05, 3.63) is 88.4 Å². The molecule has 152 valence electrons. The van der Waals surface area contributed by atoms with Crippen molar-refractivity contribution in [3.63, 3.8) is 0 Å². The van der Waals surface area contributed by atoms with Crippen molar-refractivity contribution in [3.8, 4) is 0 Å². The monoisotopic (exact) mass is 417 g/mol. The molecule has 0 aromatic heterocycles. The maximum atomic E-state index is 6.28. The molecule has 2 N–H and O–H groups in total. The molecule has 0 bridgehead atoms. The fraction of sp³-hybridized carbons (Fsp3) is 0.240. The molecule has 5 rings (SSSR count). The van der Waals surface area contributed by atoms with Gasteiger partial charge in [0.15, 0.2) is 0 Å². The maximum absolute atomic E-state index is 6.28. The summed E-state index contributed by atoms with van der Waals surface area (Å²) in [7, 11) is 0. The minimum absolute atomic E-state index is 0.733. The van der Waals surface area contributed by atoms with Crippen LogP contribution in [0.4, 0.5) is 17.1 Å². The summed E-state index contributed by atoms with van der Waals surface area (Å²) in [6.45, 7) is 7.19. The van der Waals surface area contributed by atoms with Gasteiger partial charge in [0.05, 0.1) is 30.0 Å². The number of nitrogens with one attached hydrogen (secondary N) is 2. The van der Waals surface area contributed by atoms with Crippen molar-refractivity contribution >= 4 is 34.5 Å². The molecule has 0 radical (unpaired) electrons. The Bertz CT molecular complexity index is 1090. The van der Waals surface area contributed by atoms with E-state index < -0.39 is 0 Å². The van der Waals surface area contributed by atoms with Gasteiger partial charge in [-0.2, -0.15) is 0 Å². The summed E-state index contributed by atoms with van der Waals surface area (Å²) in [5.74, 6) is 1.15. The van der Waals surface area contributed by atoms with Crippen molar-refractivity contribution in [2.75, 3.05) is 36.8 Å². The van der Waals surface area contributed by atoms with Crippen LogP contribution in [0.3, 0.4) is 0 Å². The normalized spacial score (nSPS) is 16.2. The lowest BCUT2D eigenvalue weighted by Gasteiger charge is -2.28. The van der Waals surface area contributed by atoms with E-state index in [1.807, 2.05) is 18.2 Å². The zero-order chi connectivity index (χ0) is 20.5. The van der Waals surface area contributed by atoms with Gasteiger partial charge in [-0.25, -0.2) is 5.32 Å². The molecule has 3 aromatic carbocycles. The predicted octanol–water partition coefficient (Wildman–Crippen LogP) is 5.09.